The molecule has 0 unspecified atom stereocenters. The van der Waals surface area contributed by atoms with Crippen LogP contribution in [0.5, 0.6) is 0 Å². The van der Waals surface area contributed by atoms with Crippen LogP contribution >= 0.6 is 45.9 Å². The Balaban J connectivity index is 1.65. The molecule has 0 spiro atoms. The van der Waals surface area contributed by atoms with Gasteiger partial charge >= 0.3 is 0 Å². The van der Waals surface area contributed by atoms with Gasteiger partial charge in [-0.05, 0) is 41.1 Å². The van der Waals surface area contributed by atoms with E-state index in [1.165, 1.54) is 6.07 Å². The molecule has 3 rings (SSSR count). The number of thiophene rings is 2. The molecule has 0 atom stereocenters. The van der Waals surface area contributed by atoms with Gasteiger partial charge in [0.15, 0.2) is 0 Å². The van der Waals surface area contributed by atoms with Crippen LogP contribution in [0.25, 0.3) is 0 Å². The fraction of sp³-hybridized carbons (Fsp3) is 0.158. The van der Waals surface area contributed by atoms with Crippen molar-refractivity contribution in [2.24, 2.45) is 0 Å². The van der Waals surface area contributed by atoms with E-state index in [9.17, 15) is 9.59 Å². The Kier molecular flexibility index (Phi) is 6.90. The summed E-state index contributed by atoms with van der Waals surface area (Å²) in [6, 6.07) is 12.5. The maximum atomic E-state index is 12.7. The van der Waals surface area contributed by atoms with Crippen LogP contribution in [-0.2, 0) is 17.9 Å². The molecule has 0 fully saturated rings. The van der Waals surface area contributed by atoms with Crippen molar-refractivity contribution in [3.05, 3.63) is 78.6 Å². The molecule has 3 aromatic rings. The number of rotatable bonds is 7. The first-order chi connectivity index (χ1) is 13.0. The van der Waals surface area contributed by atoms with Crippen LogP contribution < -0.4 is 5.32 Å². The van der Waals surface area contributed by atoms with Crippen molar-refractivity contribution in [1.29, 1.82) is 0 Å². The normalized spacial score (nSPS) is 10.6. The summed E-state index contributed by atoms with van der Waals surface area (Å²) >= 11 is 15.1. The third-order valence-corrected chi connectivity index (χ3v) is 6.05. The number of amides is 2. The van der Waals surface area contributed by atoms with Crippen LogP contribution in [0.15, 0.2) is 53.2 Å². The summed E-state index contributed by atoms with van der Waals surface area (Å²) in [7, 11) is 0. The van der Waals surface area contributed by atoms with Crippen LogP contribution in [0.2, 0.25) is 10.0 Å². The van der Waals surface area contributed by atoms with Gasteiger partial charge in [-0.15, -0.1) is 22.7 Å². The minimum absolute atomic E-state index is 0.103. The third kappa shape index (κ3) is 5.56. The van der Waals surface area contributed by atoms with E-state index in [1.54, 1.807) is 39.7 Å². The molecule has 140 valence electrons. The molecule has 0 aliphatic heterocycles. The molecular formula is C19H16Cl2N2O2S2. The monoisotopic (exact) mass is 438 g/mol. The summed E-state index contributed by atoms with van der Waals surface area (Å²) in [4.78, 5) is 29.0. The Bertz CT molecular complexity index is 876. The number of halogens is 2. The number of carbonyl (C=O) groups is 2. The highest BCUT2D eigenvalue weighted by molar-refractivity contribution is 7.10. The van der Waals surface area contributed by atoms with Gasteiger partial charge < -0.3 is 10.2 Å². The Morgan fingerprint density at radius 2 is 1.59 bits per heavy atom. The van der Waals surface area contributed by atoms with Crippen LogP contribution in [0.1, 0.15) is 20.1 Å². The van der Waals surface area contributed by atoms with Crippen molar-refractivity contribution in [3.63, 3.8) is 0 Å². The Morgan fingerprint density at radius 3 is 2.11 bits per heavy atom. The Hall–Kier alpha value is -1.86. The summed E-state index contributed by atoms with van der Waals surface area (Å²) < 4.78 is 0. The van der Waals surface area contributed by atoms with Gasteiger partial charge in [0, 0.05) is 14.8 Å². The second kappa shape index (κ2) is 9.37. The van der Waals surface area contributed by atoms with E-state index in [0.29, 0.717) is 18.1 Å². The van der Waals surface area contributed by atoms with Crippen LogP contribution in [0.3, 0.4) is 0 Å². The van der Waals surface area contributed by atoms with Gasteiger partial charge in [0.2, 0.25) is 5.91 Å². The highest BCUT2D eigenvalue weighted by Gasteiger charge is 2.18. The van der Waals surface area contributed by atoms with Crippen LogP contribution in [-0.4, -0.2) is 23.3 Å². The molecule has 1 N–H and O–H groups in total. The smallest absolute Gasteiger partial charge is 0.253 e. The summed E-state index contributed by atoms with van der Waals surface area (Å²) in [5.74, 6) is -0.563. The molecule has 0 aliphatic rings. The van der Waals surface area contributed by atoms with Gasteiger partial charge in [0.25, 0.3) is 5.91 Å². The lowest BCUT2D eigenvalue weighted by Gasteiger charge is -2.22. The molecule has 2 heterocycles. The molecular weight excluding hydrogens is 423 g/mol. The van der Waals surface area contributed by atoms with Crippen molar-refractivity contribution in [3.8, 4) is 0 Å². The molecule has 27 heavy (non-hydrogen) atoms. The zero-order chi connectivity index (χ0) is 19.2. The summed E-state index contributed by atoms with van der Waals surface area (Å²) in [5, 5.41) is 7.31. The number of hydrogen-bond acceptors (Lipinski definition) is 4. The van der Waals surface area contributed by atoms with E-state index in [1.807, 2.05) is 35.0 Å². The number of nitrogens with zero attached hydrogens (tertiary/aromatic N) is 1. The van der Waals surface area contributed by atoms with E-state index in [4.69, 9.17) is 23.2 Å². The number of nitrogens with one attached hydrogen (secondary N) is 1. The zero-order valence-electron chi connectivity index (χ0n) is 14.2. The number of hydrogen-bond donors (Lipinski definition) is 1. The van der Waals surface area contributed by atoms with Crippen molar-refractivity contribution >= 4 is 57.7 Å². The number of benzene rings is 1. The fourth-order valence-electron chi connectivity index (χ4n) is 2.45. The predicted molar refractivity (Wildman–Crippen MR) is 112 cm³/mol. The summed E-state index contributed by atoms with van der Waals surface area (Å²) in [6.07, 6.45) is 0. The van der Waals surface area contributed by atoms with Gasteiger partial charge in [0.1, 0.15) is 0 Å². The van der Waals surface area contributed by atoms with E-state index < -0.39 is 5.91 Å². The highest BCUT2D eigenvalue weighted by Crippen LogP contribution is 2.21. The Labute approximate surface area is 175 Å². The Morgan fingerprint density at radius 1 is 0.963 bits per heavy atom. The molecule has 0 saturated carbocycles. The van der Waals surface area contributed by atoms with Gasteiger partial charge in [-0.1, -0.05) is 35.3 Å². The molecule has 2 amide bonds. The first-order valence-electron chi connectivity index (χ1n) is 8.08. The summed E-state index contributed by atoms with van der Waals surface area (Å²) in [6.45, 7) is 0.909. The van der Waals surface area contributed by atoms with Gasteiger partial charge in [0.05, 0.1) is 30.2 Å². The molecule has 8 heteroatoms. The van der Waals surface area contributed by atoms with E-state index in [2.05, 4.69) is 5.32 Å². The predicted octanol–water partition coefficient (Wildman–Crippen LogP) is 5.08. The van der Waals surface area contributed by atoms with Crippen molar-refractivity contribution in [1.82, 2.24) is 10.2 Å². The average molecular weight is 439 g/mol. The zero-order valence-corrected chi connectivity index (χ0v) is 17.3. The maximum Gasteiger partial charge on any atom is 0.253 e. The summed E-state index contributed by atoms with van der Waals surface area (Å²) in [5.41, 5.74) is 0.289. The van der Waals surface area contributed by atoms with Crippen molar-refractivity contribution in [2.45, 2.75) is 13.1 Å². The van der Waals surface area contributed by atoms with E-state index >= 15 is 0 Å². The molecule has 0 radical (unpaired) electrons. The van der Waals surface area contributed by atoms with E-state index in [-0.39, 0.29) is 23.0 Å². The first-order valence-corrected chi connectivity index (χ1v) is 10.6. The molecule has 2 aromatic heterocycles. The molecule has 0 bridgehead atoms. The second-order valence-electron chi connectivity index (χ2n) is 5.72. The van der Waals surface area contributed by atoms with Gasteiger partial charge in [-0.2, -0.15) is 0 Å². The topological polar surface area (TPSA) is 49.4 Å². The lowest BCUT2D eigenvalue weighted by atomic mass is 10.2. The van der Waals surface area contributed by atoms with E-state index in [0.717, 1.165) is 9.75 Å². The first kappa shape index (κ1) is 19.9. The minimum Gasteiger partial charge on any atom is -0.343 e. The molecule has 0 saturated heterocycles. The third-order valence-electron chi connectivity index (χ3n) is 3.78. The number of carbonyl (C=O) groups excluding carboxylic acids is 2. The fourth-order valence-corrected chi connectivity index (χ4v) is 4.38. The standard InChI is InChI=1S/C19H16Cl2N2O2S2/c20-13-5-6-16(17(21)9-13)19(25)22-10-18(24)23(11-14-3-1-7-26-14)12-15-4-2-8-27-15/h1-9H,10-12H2,(H,22,25). The van der Waals surface area contributed by atoms with Gasteiger partial charge in [-0.25, -0.2) is 0 Å². The molecule has 4 nitrogen and oxygen atoms in total. The lowest BCUT2D eigenvalue weighted by Crippen LogP contribution is -2.39. The van der Waals surface area contributed by atoms with Crippen molar-refractivity contribution < 1.29 is 9.59 Å². The lowest BCUT2D eigenvalue weighted by molar-refractivity contribution is -0.131. The molecule has 1 aromatic carbocycles. The SMILES string of the molecule is O=C(NCC(=O)N(Cc1cccs1)Cc1cccs1)c1ccc(Cl)cc1Cl. The maximum absolute atomic E-state index is 12.7. The second-order valence-corrected chi connectivity index (χ2v) is 8.62. The largest absolute Gasteiger partial charge is 0.343 e. The van der Waals surface area contributed by atoms with Crippen LogP contribution in [0.4, 0.5) is 0 Å². The quantitative estimate of drug-likeness (QED) is 0.559. The average Bonchev–Trinajstić information content (AvgIpc) is 3.33. The van der Waals surface area contributed by atoms with Gasteiger partial charge in [-0.3, -0.25) is 9.59 Å². The molecule has 0 aliphatic carbocycles. The highest BCUT2D eigenvalue weighted by atomic mass is 35.5. The van der Waals surface area contributed by atoms with Crippen molar-refractivity contribution in [2.75, 3.05) is 6.54 Å². The minimum atomic E-state index is -0.405. The van der Waals surface area contributed by atoms with Crippen LogP contribution in [0, 0.1) is 0 Å².